The summed E-state index contributed by atoms with van der Waals surface area (Å²) in [7, 11) is 0. The first-order valence-corrected chi connectivity index (χ1v) is 8.34. The number of halogens is 2. The van der Waals surface area contributed by atoms with E-state index in [2.05, 4.69) is 51.5 Å². The molecule has 0 bridgehead atoms. The van der Waals surface area contributed by atoms with Crippen LogP contribution in [0.3, 0.4) is 0 Å². The summed E-state index contributed by atoms with van der Waals surface area (Å²) < 4.78 is 7.73. The van der Waals surface area contributed by atoms with Gasteiger partial charge in [-0.25, -0.2) is 0 Å². The van der Waals surface area contributed by atoms with Gasteiger partial charge in [-0.2, -0.15) is 0 Å². The van der Waals surface area contributed by atoms with Gasteiger partial charge in [0, 0.05) is 20.0 Å². The van der Waals surface area contributed by atoms with Crippen LogP contribution < -0.4 is 4.74 Å². The zero-order valence-electron chi connectivity index (χ0n) is 10.9. The van der Waals surface area contributed by atoms with Crippen LogP contribution in [0.15, 0.2) is 40.9 Å². The minimum absolute atomic E-state index is 0.224. The fraction of sp³-hybridized carbons (Fsp3) is 0.250. The van der Waals surface area contributed by atoms with Crippen molar-refractivity contribution in [1.29, 1.82) is 0 Å². The Labute approximate surface area is 140 Å². The zero-order chi connectivity index (χ0) is 14.3. The maximum absolute atomic E-state index is 10.6. The molecule has 2 atom stereocenters. The maximum atomic E-state index is 10.6. The summed E-state index contributed by atoms with van der Waals surface area (Å²) in [5.74, 6) is 0.940. The average Bonchev–Trinajstić information content (AvgIpc) is 2.79. The first-order chi connectivity index (χ1) is 9.54. The molecule has 0 amide bonds. The molecule has 1 aliphatic heterocycles. The third-order valence-electron chi connectivity index (χ3n) is 3.49. The molecule has 0 radical (unpaired) electrons. The van der Waals surface area contributed by atoms with Crippen molar-refractivity contribution in [3.8, 4) is 5.75 Å². The van der Waals surface area contributed by atoms with Crippen LogP contribution in [-0.2, 0) is 6.42 Å². The number of hydrogen-bond donors (Lipinski definition) is 1. The maximum Gasteiger partial charge on any atom is 0.123 e. The highest BCUT2D eigenvalue weighted by Crippen LogP contribution is 2.35. The minimum atomic E-state index is -0.625. The van der Waals surface area contributed by atoms with Gasteiger partial charge in [-0.15, -0.1) is 0 Å². The molecule has 20 heavy (non-hydrogen) atoms. The predicted octanol–water partition coefficient (Wildman–Crippen LogP) is 4.46. The first kappa shape index (κ1) is 14.4. The summed E-state index contributed by atoms with van der Waals surface area (Å²) in [5, 5.41) is 10.6. The van der Waals surface area contributed by atoms with Crippen LogP contribution in [0.4, 0.5) is 0 Å². The first-order valence-electron chi connectivity index (χ1n) is 6.47. The van der Waals surface area contributed by atoms with E-state index in [4.69, 9.17) is 4.74 Å². The summed E-state index contributed by atoms with van der Waals surface area (Å²) >= 11 is 5.77. The molecular weight excluding hydrogens is 431 g/mol. The second-order valence-corrected chi connectivity index (χ2v) is 7.17. The Morgan fingerprint density at radius 3 is 2.90 bits per heavy atom. The van der Waals surface area contributed by atoms with Gasteiger partial charge in [-0.1, -0.05) is 22.0 Å². The van der Waals surface area contributed by atoms with E-state index in [0.717, 1.165) is 31.3 Å². The lowest BCUT2D eigenvalue weighted by atomic mass is 9.98. The number of fused-ring (bicyclic) bond motifs is 1. The number of rotatable bonds is 2. The summed E-state index contributed by atoms with van der Waals surface area (Å²) in [4.78, 5) is 0. The van der Waals surface area contributed by atoms with Crippen molar-refractivity contribution in [2.24, 2.45) is 0 Å². The van der Waals surface area contributed by atoms with Crippen molar-refractivity contribution in [2.45, 2.75) is 25.6 Å². The number of benzene rings is 2. The monoisotopic (exact) mass is 444 g/mol. The third-order valence-corrected chi connectivity index (χ3v) is 4.88. The number of ether oxygens (including phenoxy) is 1. The van der Waals surface area contributed by atoms with Gasteiger partial charge in [0.15, 0.2) is 0 Å². The van der Waals surface area contributed by atoms with Crippen LogP contribution in [0.2, 0.25) is 0 Å². The second kappa shape index (κ2) is 5.66. The number of aliphatic hydroxyl groups is 1. The molecule has 4 heteroatoms. The molecule has 1 heterocycles. The van der Waals surface area contributed by atoms with Crippen LogP contribution in [-0.4, -0.2) is 11.2 Å². The van der Waals surface area contributed by atoms with Crippen LogP contribution in [0.1, 0.15) is 29.7 Å². The van der Waals surface area contributed by atoms with Gasteiger partial charge in [-0.05, 0) is 71.0 Å². The number of aliphatic hydroxyl groups excluding tert-OH is 1. The lowest BCUT2D eigenvalue weighted by molar-refractivity contribution is 0.219. The summed E-state index contributed by atoms with van der Waals surface area (Å²) in [5.41, 5.74) is 2.98. The molecule has 1 aliphatic rings. The molecule has 2 nitrogen and oxygen atoms in total. The quantitative estimate of drug-likeness (QED) is 0.693. The smallest absolute Gasteiger partial charge is 0.123 e. The summed E-state index contributed by atoms with van der Waals surface area (Å²) in [6, 6.07) is 11.9. The summed E-state index contributed by atoms with van der Waals surface area (Å²) in [6.07, 6.45) is 0.505. The molecule has 0 aliphatic carbocycles. The van der Waals surface area contributed by atoms with Gasteiger partial charge < -0.3 is 9.84 Å². The van der Waals surface area contributed by atoms with Gasteiger partial charge in [0.2, 0.25) is 0 Å². The van der Waals surface area contributed by atoms with E-state index < -0.39 is 6.10 Å². The van der Waals surface area contributed by atoms with E-state index in [1.165, 1.54) is 5.56 Å². The van der Waals surface area contributed by atoms with Crippen molar-refractivity contribution in [2.75, 3.05) is 0 Å². The van der Waals surface area contributed by atoms with E-state index in [1.807, 2.05) is 30.3 Å². The normalized spacial score (nSPS) is 18.5. The highest BCUT2D eigenvalue weighted by Gasteiger charge is 2.21. The van der Waals surface area contributed by atoms with E-state index in [1.54, 1.807) is 0 Å². The predicted molar refractivity (Wildman–Crippen MR) is 91.2 cm³/mol. The van der Waals surface area contributed by atoms with Gasteiger partial charge in [0.1, 0.15) is 18.0 Å². The fourth-order valence-electron chi connectivity index (χ4n) is 2.52. The molecule has 2 unspecified atom stereocenters. The Kier molecular flexibility index (Phi) is 4.06. The minimum Gasteiger partial charge on any atom is -0.490 e. The van der Waals surface area contributed by atoms with Crippen molar-refractivity contribution >= 4 is 38.5 Å². The van der Waals surface area contributed by atoms with E-state index in [0.29, 0.717) is 0 Å². The zero-order valence-corrected chi connectivity index (χ0v) is 14.7. The lowest BCUT2D eigenvalue weighted by Crippen LogP contribution is -2.05. The number of hydrogen-bond acceptors (Lipinski definition) is 2. The highest BCUT2D eigenvalue weighted by atomic mass is 127. The highest BCUT2D eigenvalue weighted by molar-refractivity contribution is 14.1. The van der Waals surface area contributed by atoms with E-state index in [9.17, 15) is 5.11 Å². The van der Waals surface area contributed by atoms with Crippen LogP contribution in [0.25, 0.3) is 0 Å². The molecule has 0 aromatic heterocycles. The van der Waals surface area contributed by atoms with E-state index in [-0.39, 0.29) is 6.10 Å². The molecule has 104 valence electrons. The largest absolute Gasteiger partial charge is 0.490 e. The molecular formula is C16H14BrIO2. The molecule has 2 aromatic rings. The molecule has 3 rings (SSSR count). The summed E-state index contributed by atoms with van der Waals surface area (Å²) in [6.45, 7) is 2.06. The fourth-order valence-corrected chi connectivity index (χ4v) is 3.49. The third kappa shape index (κ3) is 2.73. The van der Waals surface area contributed by atoms with Crippen molar-refractivity contribution < 1.29 is 9.84 Å². The van der Waals surface area contributed by atoms with E-state index >= 15 is 0 Å². The lowest BCUT2D eigenvalue weighted by Gasteiger charge is -2.14. The van der Waals surface area contributed by atoms with Crippen molar-refractivity contribution in [3.63, 3.8) is 0 Å². The Hall–Kier alpha value is -0.590. The molecule has 0 saturated heterocycles. The SMILES string of the molecule is CC1Cc2cc(C(O)c3cc(I)ccc3Br)ccc2O1. The Morgan fingerprint density at radius 2 is 2.10 bits per heavy atom. The van der Waals surface area contributed by atoms with Crippen molar-refractivity contribution in [3.05, 3.63) is 61.1 Å². The molecule has 0 fully saturated rings. The Bertz CT molecular complexity index is 657. The Balaban J connectivity index is 1.97. The molecule has 0 spiro atoms. The Morgan fingerprint density at radius 1 is 1.30 bits per heavy atom. The standard InChI is InChI=1S/C16H14BrIO2/c1-9-6-11-7-10(2-5-15(11)20-9)16(19)13-8-12(18)3-4-14(13)17/h2-5,7-9,16,19H,6H2,1H3. The average molecular weight is 445 g/mol. The van der Waals surface area contributed by atoms with Gasteiger partial charge >= 0.3 is 0 Å². The molecule has 1 N–H and O–H groups in total. The van der Waals surface area contributed by atoms with Crippen molar-refractivity contribution in [1.82, 2.24) is 0 Å². The van der Waals surface area contributed by atoms with Gasteiger partial charge in [0.25, 0.3) is 0 Å². The molecule has 2 aromatic carbocycles. The van der Waals surface area contributed by atoms with Crippen LogP contribution >= 0.6 is 38.5 Å². The van der Waals surface area contributed by atoms with Gasteiger partial charge in [0.05, 0.1) is 0 Å². The van der Waals surface area contributed by atoms with Crippen LogP contribution in [0.5, 0.6) is 5.75 Å². The topological polar surface area (TPSA) is 29.5 Å². The van der Waals surface area contributed by atoms with Crippen LogP contribution in [0, 0.1) is 3.57 Å². The second-order valence-electron chi connectivity index (χ2n) is 5.07. The molecule has 0 saturated carbocycles. The van der Waals surface area contributed by atoms with Gasteiger partial charge in [-0.3, -0.25) is 0 Å².